The van der Waals surface area contributed by atoms with Crippen molar-refractivity contribution in [3.8, 4) is 0 Å². The van der Waals surface area contributed by atoms with Crippen LogP contribution in [0, 0.1) is 0 Å². The Labute approximate surface area is 173 Å². The van der Waals surface area contributed by atoms with Crippen LogP contribution in [0.2, 0.25) is 0 Å². The van der Waals surface area contributed by atoms with Gasteiger partial charge in [0.05, 0.1) is 11.9 Å². The Morgan fingerprint density at radius 3 is 2.79 bits per heavy atom. The summed E-state index contributed by atoms with van der Waals surface area (Å²) >= 11 is 1.82. The summed E-state index contributed by atoms with van der Waals surface area (Å²) in [6.45, 7) is 0.578. The van der Waals surface area contributed by atoms with E-state index in [4.69, 9.17) is 9.97 Å². The number of aryl methyl sites for hydroxylation is 3. The summed E-state index contributed by atoms with van der Waals surface area (Å²) in [6, 6.07) is 10.2. The Morgan fingerprint density at radius 2 is 1.97 bits per heavy atom. The van der Waals surface area contributed by atoms with Crippen LogP contribution in [-0.4, -0.2) is 24.7 Å². The zero-order chi connectivity index (χ0) is 19.6. The number of fused-ring (bicyclic) bond motifs is 3. The third kappa shape index (κ3) is 3.65. The second kappa shape index (κ2) is 7.75. The van der Waals surface area contributed by atoms with Gasteiger partial charge in [-0.1, -0.05) is 36.4 Å². The Kier molecular flexibility index (Phi) is 4.81. The van der Waals surface area contributed by atoms with Crippen LogP contribution in [0.3, 0.4) is 0 Å². The molecule has 29 heavy (non-hydrogen) atoms. The lowest BCUT2D eigenvalue weighted by molar-refractivity contribution is 0.700. The average Bonchev–Trinajstić information content (AvgIpc) is 3.34. The molecule has 5 rings (SSSR count). The molecule has 1 aliphatic rings. The van der Waals surface area contributed by atoms with E-state index < -0.39 is 0 Å². The van der Waals surface area contributed by atoms with Crippen molar-refractivity contribution in [2.75, 3.05) is 5.32 Å². The molecule has 6 nitrogen and oxygen atoms in total. The Morgan fingerprint density at radius 1 is 1.10 bits per heavy atom. The van der Waals surface area contributed by atoms with Crippen molar-refractivity contribution < 1.29 is 0 Å². The number of benzene rings is 1. The highest BCUT2D eigenvalue weighted by Crippen LogP contribution is 2.38. The van der Waals surface area contributed by atoms with E-state index in [1.807, 2.05) is 47.2 Å². The first-order valence-electron chi connectivity index (χ1n) is 9.90. The lowest BCUT2D eigenvalue weighted by Crippen LogP contribution is -2.09. The minimum Gasteiger partial charge on any atom is -0.362 e. The van der Waals surface area contributed by atoms with Crippen molar-refractivity contribution in [1.29, 1.82) is 0 Å². The molecule has 0 spiro atoms. The van der Waals surface area contributed by atoms with Crippen LogP contribution in [0.1, 0.15) is 40.5 Å². The molecule has 0 saturated carbocycles. The number of thiophene rings is 1. The van der Waals surface area contributed by atoms with E-state index in [2.05, 4.69) is 33.7 Å². The monoisotopic (exact) mass is 402 g/mol. The molecule has 0 saturated heterocycles. The van der Waals surface area contributed by atoms with E-state index in [1.54, 1.807) is 6.33 Å². The largest absolute Gasteiger partial charge is 0.362 e. The first kappa shape index (κ1) is 18.0. The summed E-state index contributed by atoms with van der Waals surface area (Å²) in [7, 11) is 1.95. The maximum atomic E-state index is 4.87. The lowest BCUT2D eigenvalue weighted by atomic mass is 9.97. The van der Waals surface area contributed by atoms with Crippen LogP contribution < -0.4 is 5.32 Å². The molecule has 3 aromatic heterocycles. The van der Waals surface area contributed by atoms with Gasteiger partial charge in [0, 0.05) is 11.9 Å². The number of nitrogens with zero attached hydrogens (tertiary/aromatic N) is 5. The Balaban J connectivity index is 1.54. The maximum Gasteiger partial charge on any atom is 0.155 e. The van der Waals surface area contributed by atoms with E-state index in [0.717, 1.165) is 40.7 Å². The predicted molar refractivity (Wildman–Crippen MR) is 118 cm³/mol. The van der Waals surface area contributed by atoms with Crippen molar-refractivity contribution in [3.05, 3.63) is 64.3 Å². The normalized spacial score (nSPS) is 13.8. The fourth-order valence-corrected chi connectivity index (χ4v) is 5.01. The fourth-order valence-electron chi connectivity index (χ4n) is 3.74. The van der Waals surface area contributed by atoms with Crippen molar-refractivity contribution in [3.63, 3.8) is 0 Å². The molecule has 0 atom stereocenters. The number of hydrogen-bond donors (Lipinski definition) is 1. The average molecular weight is 403 g/mol. The van der Waals surface area contributed by atoms with E-state index >= 15 is 0 Å². The highest BCUT2D eigenvalue weighted by Gasteiger charge is 2.21. The maximum absolute atomic E-state index is 4.87. The second-order valence-electron chi connectivity index (χ2n) is 7.28. The van der Waals surface area contributed by atoms with Crippen molar-refractivity contribution in [1.82, 2.24) is 24.7 Å². The van der Waals surface area contributed by atoms with E-state index in [0.29, 0.717) is 6.54 Å². The van der Waals surface area contributed by atoms with Gasteiger partial charge >= 0.3 is 0 Å². The minimum absolute atomic E-state index is 0.578. The molecule has 0 aliphatic heterocycles. The summed E-state index contributed by atoms with van der Waals surface area (Å²) in [5, 5.41) is 12.8. The molecule has 1 aromatic carbocycles. The molecule has 0 amide bonds. The molecular weight excluding hydrogens is 380 g/mol. The zero-order valence-electron chi connectivity index (χ0n) is 16.3. The number of rotatable bonds is 5. The van der Waals surface area contributed by atoms with Gasteiger partial charge < -0.3 is 9.88 Å². The molecule has 0 unspecified atom stereocenters. The molecule has 3 heterocycles. The molecular formula is C22H22N6S. The zero-order valence-corrected chi connectivity index (χ0v) is 17.1. The Hall–Kier alpha value is -3.06. The van der Waals surface area contributed by atoms with Gasteiger partial charge in [0.1, 0.15) is 17.0 Å². The second-order valence-corrected chi connectivity index (χ2v) is 8.36. The molecule has 0 radical (unpaired) electrons. The van der Waals surface area contributed by atoms with E-state index in [1.165, 1.54) is 28.7 Å². The Bertz CT molecular complexity index is 1170. The summed E-state index contributed by atoms with van der Waals surface area (Å²) in [6.07, 6.45) is 10.5. The van der Waals surface area contributed by atoms with Gasteiger partial charge in [-0.15, -0.1) is 21.5 Å². The molecule has 1 N–H and O–H groups in total. The van der Waals surface area contributed by atoms with Crippen molar-refractivity contribution in [2.24, 2.45) is 7.05 Å². The van der Waals surface area contributed by atoms with Crippen molar-refractivity contribution in [2.45, 2.75) is 32.2 Å². The van der Waals surface area contributed by atoms with Gasteiger partial charge in [-0.05, 0) is 42.9 Å². The molecule has 1 aliphatic carbocycles. The van der Waals surface area contributed by atoms with Crippen LogP contribution in [0.5, 0.6) is 0 Å². The van der Waals surface area contributed by atoms with E-state index in [-0.39, 0.29) is 0 Å². The third-order valence-electron chi connectivity index (χ3n) is 5.28. The number of anilines is 1. The summed E-state index contributed by atoms with van der Waals surface area (Å²) in [5.74, 6) is 2.49. The van der Waals surface area contributed by atoms with Gasteiger partial charge in [0.15, 0.2) is 11.6 Å². The summed E-state index contributed by atoms with van der Waals surface area (Å²) in [4.78, 5) is 12.3. The quantitative estimate of drug-likeness (QED) is 0.533. The summed E-state index contributed by atoms with van der Waals surface area (Å²) in [5.41, 5.74) is 2.56. The minimum atomic E-state index is 0.578. The van der Waals surface area contributed by atoms with Gasteiger partial charge in [0.25, 0.3) is 0 Å². The van der Waals surface area contributed by atoms with Crippen LogP contribution in [0.25, 0.3) is 22.4 Å². The topological polar surface area (TPSA) is 68.5 Å². The number of aromatic nitrogens is 5. The van der Waals surface area contributed by atoms with Gasteiger partial charge in [-0.25, -0.2) is 9.97 Å². The SMILES string of the molecule is Cn1cnnc1CNc1nc(/C=C/c2ccccc2)nc2sc3c(c12)CCCC3. The van der Waals surface area contributed by atoms with Gasteiger partial charge in [-0.3, -0.25) is 0 Å². The van der Waals surface area contributed by atoms with E-state index in [9.17, 15) is 0 Å². The van der Waals surface area contributed by atoms with Crippen LogP contribution in [-0.2, 0) is 26.4 Å². The molecule has 7 heteroatoms. The molecule has 0 bridgehead atoms. The van der Waals surface area contributed by atoms with Crippen molar-refractivity contribution >= 4 is 39.5 Å². The third-order valence-corrected chi connectivity index (χ3v) is 6.46. The predicted octanol–water partition coefficient (Wildman–Crippen LogP) is 4.48. The molecule has 146 valence electrons. The van der Waals surface area contributed by atoms with Crippen LogP contribution >= 0.6 is 11.3 Å². The molecule has 4 aromatic rings. The highest BCUT2D eigenvalue weighted by atomic mass is 32.1. The van der Waals surface area contributed by atoms with Crippen LogP contribution in [0.4, 0.5) is 5.82 Å². The molecule has 0 fully saturated rings. The number of nitrogens with one attached hydrogen (secondary N) is 1. The first-order chi connectivity index (χ1) is 14.3. The number of hydrogen-bond acceptors (Lipinski definition) is 6. The van der Waals surface area contributed by atoms with Gasteiger partial charge in [0.2, 0.25) is 0 Å². The lowest BCUT2D eigenvalue weighted by Gasteiger charge is -2.13. The van der Waals surface area contributed by atoms with Gasteiger partial charge in [-0.2, -0.15) is 0 Å². The first-order valence-corrected chi connectivity index (χ1v) is 10.7. The van der Waals surface area contributed by atoms with Crippen LogP contribution in [0.15, 0.2) is 36.7 Å². The highest BCUT2D eigenvalue weighted by molar-refractivity contribution is 7.19. The fraction of sp³-hybridized carbons (Fsp3) is 0.273. The summed E-state index contributed by atoms with van der Waals surface area (Å²) < 4.78 is 1.92. The standard InChI is InChI=1S/C22H22N6S/c1-28-14-24-27-19(28)13-23-21-20-16-9-5-6-10-17(16)29-22(20)26-18(25-21)12-11-15-7-3-2-4-8-15/h2-4,7-8,11-12,14H,5-6,9-10,13H2,1H3,(H,23,25,26)/b12-11+. The smallest absolute Gasteiger partial charge is 0.155 e.